The molecule has 0 radical (unpaired) electrons. The molecule has 0 atom stereocenters. The quantitative estimate of drug-likeness (QED) is 0.593. The third-order valence-electron chi connectivity index (χ3n) is 2.81. The number of hydrogen-bond donors (Lipinski definition) is 1. The summed E-state index contributed by atoms with van der Waals surface area (Å²) < 4.78 is 1.69. The van der Waals surface area contributed by atoms with Gasteiger partial charge in [0.25, 0.3) is 5.95 Å². The number of anilines is 1. The van der Waals surface area contributed by atoms with Crippen LogP contribution in [0.3, 0.4) is 0 Å². The van der Waals surface area contributed by atoms with Crippen LogP contribution < -0.4 is 22.6 Å². The first-order chi connectivity index (χ1) is 8.45. The minimum absolute atomic E-state index is 0. The van der Waals surface area contributed by atoms with Gasteiger partial charge in [-0.05, 0) is 22.6 Å². The molecule has 0 bridgehead atoms. The number of hydrogen-bond acceptors (Lipinski definition) is 5. The number of aromatic nitrogens is 5. The lowest BCUT2D eigenvalue weighted by atomic mass is 10.4. The second-order valence-corrected chi connectivity index (χ2v) is 3.93. The predicted octanol–water partition coefficient (Wildman–Crippen LogP) is -4.56. The molecule has 7 nitrogen and oxygen atoms in total. The van der Waals surface area contributed by atoms with Crippen LogP contribution in [-0.4, -0.2) is 51.4 Å². The Labute approximate surface area is 111 Å². The molecule has 3 rings (SSSR count). The van der Waals surface area contributed by atoms with Crippen LogP contribution in [0.5, 0.6) is 0 Å². The van der Waals surface area contributed by atoms with Crippen molar-refractivity contribution in [3.63, 3.8) is 0 Å². The summed E-state index contributed by atoms with van der Waals surface area (Å²) in [6, 6.07) is 5.71. The Morgan fingerprint density at radius 1 is 1.17 bits per heavy atom. The maximum Gasteiger partial charge on any atom is 0.252 e. The van der Waals surface area contributed by atoms with Gasteiger partial charge in [-0.3, -0.25) is 0 Å². The summed E-state index contributed by atoms with van der Waals surface area (Å²) in [6.07, 6.45) is 1.74. The minimum Gasteiger partial charge on any atom is -1.00 e. The Hall–Kier alpha value is -1.73. The van der Waals surface area contributed by atoms with Crippen molar-refractivity contribution in [1.82, 2.24) is 25.2 Å². The van der Waals surface area contributed by atoms with Crippen molar-refractivity contribution >= 4 is 5.95 Å². The molecule has 0 spiro atoms. The number of halogens is 1. The molecule has 1 aliphatic heterocycles. The average Bonchev–Trinajstić information content (AvgIpc) is 2.90. The number of rotatable bonds is 2. The number of tetrazole rings is 1. The van der Waals surface area contributed by atoms with Crippen LogP contribution >= 0.6 is 0 Å². The normalized spacial score (nSPS) is 15.2. The molecule has 2 aromatic heterocycles. The van der Waals surface area contributed by atoms with E-state index in [1.807, 2.05) is 18.2 Å². The molecule has 18 heavy (non-hydrogen) atoms. The van der Waals surface area contributed by atoms with Crippen molar-refractivity contribution in [3.8, 4) is 5.82 Å². The lowest BCUT2D eigenvalue weighted by Gasteiger charge is -2.25. The monoisotopic (exact) mass is 267 g/mol. The molecule has 1 aliphatic rings. The summed E-state index contributed by atoms with van der Waals surface area (Å²) in [4.78, 5) is 6.45. The standard InChI is InChI=1S/C10H13N7.ClH/c1-2-4-12-9(3-1)17-10(13-14-15-17)16-7-5-11-6-8-16;/h1-4,11H,5-8H2;1H. The van der Waals surface area contributed by atoms with Gasteiger partial charge in [-0.1, -0.05) is 11.2 Å². The summed E-state index contributed by atoms with van der Waals surface area (Å²) in [5.41, 5.74) is 0. The molecule has 2 N–H and O–H groups in total. The summed E-state index contributed by atoms with van der Waals surface area (Å²) >= 11 is 0. The first kappa shape index (κ1) is 12.7. The molecule has 2 aromatic rings. The summed E-state index contributed by atoms with van der Waals surface area (Å²) in [7, 11) is 0. The van der Waals surface area contributed by atoms with Gasteiger partial charge in [0, 0.05) is 6.20 Å². The summed E-state index contributed by atoms with van der Waals surface area (Å²) in [5.74, 6) is 1.53. The second kappa shape index (κ2) is 5.74. The Kier molecular flexibility index (Phi) is 4.06. The number of quaternary nitrogens is 1. The number of nitrogens with zero attached hydrogens (tertiary/aromatic N) is 6. The van der Waals surface area contributed by atoms with Crippen LogP contribution in [0.4, 0.5) is 5.95 Å². The molecule has 3 heterocycles. The van der Waals surface area contributed by atoms with E-state index >= 15 is 0 Å². The van der Waals surface area contributed by atoms with Crippen molar-refractivity contribution in [3.05, 3.63) is 24.4 Å². The van der Waals surface area contributed by atoms with Crippen LogP contribution in [0.1, 0.15) is 0 Å². The molecule has 0 aromatic carbocycles. The molecule has 0 saturated carbocycles. The van der Waals surface area contributed by atoms with Crippen molar-refractivity contribution in [1.29, 1.82) is 0 Å². The number of nitrogens with two attached hydrogens (primary N) is 1. The second-order valence-electron chi connectivity index (χ2n) is 3.93. The van der Waals surface area contributed by atoms with E-state index in [9.17, 15) is 0 Å². The number of pyridine rings is 1. The van der Waals surface area contributed by atoms with Crippen LogP contribution in [0.2, 0.25) is 0 Å². The van der Waals surface area contributed by atoms with E-state index in [2.05, 4.69) is 30.7 Å². The van der Waals surface area contributed by atoms with E-state index in [1.165, 1.54) is 0 Å². The Balaban J connectivity index is 0.00000120. The third-order valence-corrected chi connectivity index (χ3v) is 2.81. The lowest BCUT2D eigenvalue weighted by molar-refractivity contribution is -0.655. The van der Waals surface area contributed by atoms with E-state index in [0.29, 0.717) is 0 Å². The predicted molar refractivity (Wildman–Crippen MR) is 60.8 cm³/mol. The molecule has 1 fully saturated rings. The zero-order valence-electron chi connectivity index (χ0n) is 9.78. The van der Waals surface area contributed by atoms with Gasteiger partial charge >= 0.3 is 0 Å². The van der Waals surface area contributed by atoms with Gasteiger partial charge in [-0.2, -0.15) is 4.68 Å². The highest BCUT2D eigenvalue weighted by atomic mass is 35.5. The fourth-order valence-corrected chi connectivity index (χ4v) is 1.96. The fourth-order valence-electron chi connectivity index (χ4n) is 1.96. The average molecular weight is 268 g/mol. The molecular weight excluding hydrogens is 254 g/mol. The fraction of sp³-hybridized carbons (Fsp3) is 0.400. The largest absolute Gasteiger partial charge is 1.00 e. The van der Waals surface area contributed by atoms with E-state index in [-0.39, 0.29) is 12.4 Å². The zero-order valence-corrected chi connectivity index (χ0v) is 10.5. The van der Waals surface area contributed by atoms with Crippen LogP contribution in [0, 0.1) is 0 Å². The smallest absolute Gasteiger partial charge is 0.252 e. The van der Waals surface area contributed by atoms with Gasteiger partial charge in [0.15, 0.2) is 5.82 Å². The van der Waals surface area contributed by atoms with Crippen LogP contribution in [-0.2, 0) is 0 Å². The first-order valence-electron chi connectivity index (χ1n) is 5.71. The maximum atomic E-state index is 4.26. The SMILES string of the molecule is [Cl-].c1ccc(-n2nnnc2N2CC[NH2+]CC2)nc1. The van der Waals surface area contributed by atoms with Crippen molar-refractivity contribution in [2.75, 3.05) is 31.1 Å². The highest BCUT2D eigenvalue weighted by molar-refractivity contribution is 5.36. The Morgan fingerprint density at radius 2 is 2.00 bits per heavy atom. The molecule has 0 unspecified atom stereocenters. The highest BCUT2D eigenvalue weighted by Crippen LogP contribution is 2.12. The lowest BCUT2D eigenvalue weighted by Crippen LogP contribution is -3.00. The molecule has 0 amide bonds. The summed E-state index contributed by atoms with van der Waals surface area (Å²) in [5, 5.41) is 14.1. The van der Waals surface area contributed by atoms with Gasteiger partial charge in [0.2, 0.25) is 0 Å². The molecule has 8 heteroatoms. The Morgan fingerprint density at radius 3 is 2.72 bits per heavy atom. The van der Waals surface area contributed by atoms with Gasteiger partial charge in [0.1, 0.15) is 0 Å². The van der Waals surface area contributed by atoms with E-state index in [1.54, 1.807) is 10.9 Å². The van der Waals surface area contributed by atoms with E-state index in [0.717, 1.165) is 37.9 Å². The van der Waals surface area contributed by atoms with Gasteiger partial charge in [-0.15, -0.1) is 0 Å². The third kappa shape index (κ3) is 2.41. The first-order valence-corrected chi connectivity index (χ1v) is 5.71. The van der Waals surface area contributed by atoms with Crippen molar-refractivity contribution in [2.24, 2.45) is 0 Å². The highest BCUT2D eigenvalue weighted by Gasteiger charge is 2.20. The minimum atomic E-state index is 0. The van der Waals surface area contributed by atoms with E-state index < -0.39 is 0 Å². The van der Waals surface area contributed by atoms with E-state index in [4.69, 9.17) is 0 Å². The topological polar surface area (TPSA) is 76.3 Å². The van der Waals surface area contributed by atoms with Crippen molar-refractivity contribution < 1.29 is 17.7 Å². The maximum absolute atomic E-state index is 4.26. The zero-order chi connectivity index (χ0) is 11.5. The van der Waals surface area contributed by atoms with Crippen molar-refractivity contribution in [2.45, 2.75) is 0 Å². The molecule has 96 valence electrons. The van der Waals surface area contributed by atoms with Gasteiger partial charge in [-0.25, -0.2) is 4.98 Å². The molecular formula is C10H14ClN7. The summed E-state index contributed by atoms with van der Waals surface area (Å²) in [6.45, 7) is 4.09. The van der Waals surface area contributed by atoms with Crippen LogP contribution in [0.15, 0.2) is 24.4 Å². The number of piperazine rings is 1. The Bertz CT molecular complexity index is 480. The van der Waals surface area contributed by atoms with Crippen LogP contribution in [0.25, 0.3) is 5.82 Å². The van der Waals surface area contributed by atoms with Gasteiger partial charge < -0.3 is 22.6 Å². The molecule has 0 aliphatic carbocycles. The van der Waals surface area contributed by atoms with Gasteiger partial charge in [0.05, 0.1) is 26.2 Å². The molecule has 1 saturated heterocycles.